The van der Waals surface area contributed by atoms with E-state index in [4.69, 9.17) is 23.7 Å². The van der Waals surface area contributed by atoms with Gasteiger partial charge in [0.1, 0.15) is 19.9 Å². The molecular weight excluding hydrogens is 514 g/mol. The fraction of sp³-hybridized carbons (Fsp3) is 0.500. The predicted molar refractivity (Wildman–Crippen MR) is 137 cm³/mol. The number of carbonyl (C=O) groups is 5. The van der Waals surface area contributed by atoms with Gasteiger partial charge >= 0.3 is 24.0 Å². The minimum Gasteiger partial charge on any atom is -0.484 e. The average Bonchev–Trinajstić information content (AvgIpc) is 3.20. The first-order valence-corrected chi connectivity index (χ1v) is 15.5. The van der Waals surface area contributed by atoms with Crippen LogP contribution in [0.5, 0.6) is 5.75 Å². The van der Waals surface area contributed by atoms with E-state index in [0.717, 1.165) is 24.3 Å². The number of imide groups is 1. The first-order chi connectivity index (χ1) is 17.7. The standard InChI is InChI=1S/C26H33NO10Si/c1-17(28)33-13-11-22(35-18(2)29)25(36-19(3)30)23-15-27(26(32)37-23)24(31)16-34-21-9-7-20(8-10-21)12-14-38(4,5)6/h7-10,22-23,25H,11,13,15-16H2,1-6H3/t22-,23+,25+/m0/s1. The Balaban J connectivity index is 2.06. The second-order valence-electron chi connectivity index (χ2n) is 9.59. The highest BCUT2D eigenvalue weighted by Crippen LogP contribution is 2.23. The van der Waals surface area contributed by atoms with Crippen LogP contribution >= 0.6 is 0 Å². The Kier molecular flexibility index (Phi) is 10.9. The van der Waals surface area contributed by atoms with E-state index >= 15 is 0 Å². The highest BCUT2D eigenvalue weighted by Gasteiger charge is 2.45. The van der Waals surface area contributed by atoms with Crippen molar-refractivity contribution >= 4 is 38.0 Å². The molecule has 0 saturated carbocycles. The normalized spacial score (nSPS) is 16.3. The summed E-state index contributed by atoms with van der Waals surface area (Å²) < 4.78 is 26.3. The summed E-state index contributed by atoms with van der Waals surface area (Å²) in [6.07, 6.45) is -4.44. The molecule has 2 rings (SSSR count). The van der Waals surface area contributed by atoms with Crippen molar-refractivity contribution in [2.24, 2.45) is 0 Å². The summed E-state index contributed by atoms with van der Waals surface area (Å²) in [6.45, 7) is 9.09. The fourth-order valence-electron chi connectivity index (χ4n) is 3.38. The molecule has 1 fully saturated rings. The highest BCUT2D eigenvalue weighted by molar-refractivity contribution is 6.83. The number of esters is 3. The van der Waals surface area contributed by atoms with Crippen LogP contribution in [-0.2, 0) is 38.1 Å². The zero-order valence-electron chi connectivity index (χ0n) is 22.4. The van der Waals surface area contributed by atoms with Gasteiger partial charge in [-0.2, -0.15) is 0 Å². The summed E-state index contributed by atoms with van der Waals surface area (Å²) in [4.78, 5) is 60.5. The van der Waals surface area contributed by atoms with Crippen LogP contribution in [0.1, 0.15) is 32.8 Å². The summed E-state index contributed by atoms with van der Waals surface area (Å²) in [5, 5.41) is 0. The Labute approximate surface area is 222 Å². The van der Waals surface area contributed by atoms with Crippen molar-refractivity contribution in [1.29, 1.82) is 0 Å². The van der Waals surface area contributed by atoms with Crippen molar-refractivity contribution < 1.29 is 47.7 Å². The van der Waals surface area contributed by atoms with Crippen molar-refractivity contribution in [1.82, 2.24) is 4.90 Å². The molecule has 0 spiro atoms. The molecule has 1 heterocycles. The minimum atomic E-state index is -1.51. The topological polar surface area (TPSA) is 135 Å². The second kappa shape index (κ2) is 13.6. The van der Waals surface area contributed by atoms with Crippen LogP contribution in [0.4, 0.5) is 4.79 Å². The molecule has 1 aliphatic rings. The molecule has 1 aromatic rings. The molecule has 3 atom stereocenters. The molecule has 1 aromatic carbocycles. The second-order valence-corrected chi connectivity index (χ2v) is 14.3. The highest BCUT2D eigenvalue weighted by atomic mass is 28.3. The lowest BCUT2D eigenvalue weighted by Crippen LogP contribution is -2.46. The zero-order valence-corrected chi connectivity index (χ0v) is 23.4. The smallest absolute Gasteiger partial charge is 0.417 e. The monoisotopic (exact) mass is 547 g/mol. The Morgan fingerprint density at radius 1 is 1.03 bits per heavy atom. The van der Waals surface area contributed by atoms with Crippen LogP contribution in [0, 0.1) is 11.5 Å². The molecule has 2 amide bonds. The number of cyclic esters (lactones) is 1. The molecule has 0 radical (unpaired) electrons. The number of ether oxygens (including phenoxy) is 5. The quantitative estimate of drug-likeness (QED) is 0.186. The van der Waals surface area contributed by atoms with E-state index in [9.17, 15) is 24.0 Å². The van der Waals surface area contributed by atoms with Gasteiger partial charge in [-0.3, -0.25) is 19.2 Å². The van der Waals surface area contributed by atoms with Crippen molar-refractivity contribution in [3.05, 3.63) is 29.8 Å². The van der Waals surface area contributed by atoms with Gasteiger partial charge in [0.2, 0.25) is 0 Å². The third-order valence-electron chi connectivity index (χ3n) is 4.99. The maximum absolute atomic E-state index is 12.7. The molecule has 11 nitrogen and oxygen atoms in total. The van der Waals surface area contributed by atoms with Gasteiger partial charge in [-0.1, -0.05) is 25.6 Å². The predicted octanol–water partition coefficient (Wildman–Crippen LogP) is 2.46. The third-order valence-corrected chi connectivity index (χ3v) is 5.87. The largest absolute Gasteiger partial charge is 0.484 e. The number of benzene rings is 1. The van der Waals surface area contributed by atoms with Crippen LogP contribution in [0.3, 0.4) is 0 Å². The van der Waals surface area contributed by atoms with E-state index in [1.165, 1.54) is 6.92 Å². The molecule has 0 aliphatic carbocycles. The maximum Gasteiger partial charge on any atom is 0.417 e. The Bertz CT molecular complexity index is 1100. The number of amides is 2. The van der Waals surface area contributed by atoms with Crippen LogP contribution in [-0.4, -0.2) is 81.0 Å². The third kappa shape index (κ3) is 10.3. The van der Waals surface area contributed by atoms with E-state index in [1.54, 1.807) is 24.3 Å². The molecular formula is C26H33NO10Si. The first-order valence-electron chi connectivity index (χ1n) is 12.0. The molecule has 0 N–H and O–H groups in total. The van der Waals surface area contributed by atoms with Gasteiger partial charge in [0.15, 0.2) is 18.8 Å². The Hall–Kier alpha value is -3.85. The molecule has 206 valence electrons. The first kappa shape index (κ1) is 30.4. The van der Waals surface area contributed by atoms with E-state index < -0.39 is 62.9 Å². The Morgan fingerprint density at radius 2 is 1.66 bits per heavy atom. The lowest BCUT2D eigenvalue weighted by molar-refractivity contribution is -0.175. The van der Waals surface area contributed by atoms with Crippen LogP contribution in [0.15, 0.2) is 24.3 Å². The van der Waals surface area contributed by atoms with Crippen molar-refractivity contribution in [3.8, 4) is 17.2 Å². The molecule has 0 unspecified atom stereocenters. The lowest BCUT2D eigenvalue weighted by Gasteiger charge is -2.29. The number of hydrogen-bond acceptors (Lipinski definition) is 10. The van der Waals surface area contributed by atoms with Gasteiger partial charge in [-0.15, -0.1) is 5.54 Å². The summed E-state index contributed by atoms with van der Waals surface area (Å²) >= 11 is 0. The molecule has 1 aliphatic heterocycles. The average molecular weight is 548 g/mol. The number of hydrogen-bond donors (Lipinski definition) is 0. The molecule has 0 aromatic heterocycles. The van der Waals surface area contributed by atoms with E-state index in [2.05, 4.69) is 31.1 Å². The summed E-state index contributed by atoms with van der Waals surface area (Å²) in [7, 11) is -1.51. The zero-order chi connectivity index (χ0) is 28.5. The van der Waals surface area contributed by atoms with Crippen LogP contribution < -0.4 is 4.74 Å². The lowest BCUT2D eigenvalue weighted by atomic mass is 10.0. The van der Waals surface area contributed by atoms with Gasteiger partial charge in [0.05, 0.1) is 13.2 Å². The van der Waals surface area contributed by atoms with Gasteiger partial charge in [-0.25, -0.2) is 9.69 Å². The molecule has 12 heteroatoms. The van der Waals surface area contributed by atoms with Crippen LogP contribution in [0.25, 0.3) is 0 Å². The van der Waals surface area contributed by atoms with Gasteiger partial charge in [0, 0.05) is 32.8 Å². The molecule has 38 heavy (non-hydrogen) atoms. The van der Waals surface area contributed by atoms with Crippen molar-refractivity contribution in [3.63, 3.8) is 0 Å². The number of carbonyl (C=O) groups excluding carboxylic acids is 5. The maximum atomic E-state index is 12.7. The molecule has 0 bridgehead atoms. The van der Waals surface area contributed by atoms with Gasteiger partial charge in [-0.05, 0) is 24.3 Å². The van der Waals surface area contributed by atoms with Crippen LogP contribution in [0.2, 0.25) is 19.6 Å². The molecule has 1 saturated heterocycles. The fourth-order valence-corrected chi connectivity index (χ4v) is 3.90. The van der Waals surface area contributed by atoms with E-state index in [0.29, 0.717) is 5.75 Å². The number of rotatable bonds is 10. The number of nitrogens with zero attached hydrogens (tertiary/aromatic N) is 1. The summed E-state index contributed by atoms with van der Waals surface area (Å²) in [6, 6.07) is 6.91. The van der Waals surface area contributed by atoms with Crippen molar-refractivity contribution in [2.45, 2.75) is 65.1 Å². The van der Waals surface area contributed by atoms with Gasteiger partial charge in [0.25, 0.3) is 5.91 Å². The summed E-state index contributed by atoms with van der Waals surface area (Å²) in [5.41, 5.74) is 4.09. The minimum absolute atomic E-state index is 0.0273. The Morgan fingerprint density at radius 3 is 2.21 bits per heavy atom. The van der Waals surface area contributed by atoms with E-state index in [1.807, 2.05) is 0 Å². The van der Waals surface area contributed by atoms with E-state index in [-0.39, 0.29) is 19.6 Å². The summed E-state index contributed by atoms with van der Waals surface area (Å²) in [5.74, 6) is 0.913. The van der Waals surface area contributed by atoms with Gasteiger partial charge < -0.3 is 23.7 Å². The van der Waals surface area contributed by atoms with Crippen molar-refractivity contribution in [2.75, 3.05) is 19.8 Å². The SMILES string of the molecule is CC(=O)OCC[C@H](OC(C)=O)[C@@H](OC(C)=O)[C@H]1CN(C(=O)COc2ccc(C#C[Si](C)(C)C)cc2)C(=O)O1.